The molecule has 2 heterocycles. The molecule has 1 atom stereocenters. The number of hydrogen-bond donors (Lipinski definition) is 1. The van der Waals surface area contributed by atoms with Crippen molar-refractivity contribution in [2.45, 2.75) is 6.04 Å². The molecule has 0 bridgehead atoms. The van der Waals surface area contributed by atoms with Gasteiger partial charge in [0.15, 0.2) is 0 Å². The molecule has 0 unspecified atom stereocenters. The van der Waals surface area contributed by atoms with E-state index < -0.39 is 6.09 Å². The summed E-state index contributed by atoms with van der Waals surface area (Å²) < 4.78 is 9.95. The number of benzene rings is 1. The van der Waals surface area contributed by atoms with Crippen LogP contribution in [0, 0.1) is 0 Å². The quantitative estimate of drug-likeness (QED) is 0.842. The van der Waals surface area contributed by atoms with Gasteiger partial charge >= 0.3 is 6.09 Å². The molecule has 2 aromatic rings. The predicted molar refractivity (Wildman–Crippen MR) is 104 cm³/mol. The van der Waals surface area contributed by atoms with Crippen LogP contribution in [-0.4, -0.2) is 62.9 Å². The van der Waals surface area contributed by atoms with Crippen LogP contribution in [0.5, 0.6) is 5.75 Å². The van der Waals surface area contributed by atoms with Crippen molar-refractivity contribution in [1.29, 1.82) is 0 Å². The molecule has 0 saturated carbocycles. The SMILES string of the molecule is COC(=O)NC[C@H](c1cccnc1)N1CCN(c2ccc(OC)cc2)CC1. The Kier molecular flexibility index (Phi) is 6.49. The summed E-state index contributed by atoms with van der Waals surface area (Å²) in [7, 11) is 3.05. The molecule has 7 nitrogen and oxygen atoms in total. The minimum atomic E-state index is -0.416. The highest BCUT2D eigenvalue weighted by Gasteiger charge is 2.26. The fraction of sp³-hybridized carbons (Fsp3) is 0.400. The van der Waals surface area contributed by atoms with Crippen molar-refractivity contribution in [3.8, 4) is 5.75 Å². The summed E-state index contributed by atoms with van der Waals surface area (Å²) in [5.74, 6) is 0.864. The van der Waals surface area contributed by atoms with Crippen molar-refractivity contribution in [3.05, 3.63) is 54.4 Å². The zero-order chi connectivity index (χ0) is 19.1. The first-order valence-electron chi connectivity index (χ1n) is 9.06. The molecule has 1 aliphatic heterocycles. The maximum Gasteiger partial charge on any atom is 0.406 e. The number of rotatable bonds is 6. The van der Waals surface area contributed by atoms with Gasteiger partial charge in [0, 0.05) is 50.8 Å². The first-order valence-corrected chi connectivity index (χ1v) is 9.06. The number of alkyl carbamates (subject to hydrolysis) is 1. The molecular formula is C20H26N4O3. The summed E-state index contributed by atoms with van der Waals surface area (Å²) in [6.45, 7) is 4.12. The molecule has 144 valence electrons. The molecule has 1 aromatic heterocycles. The van der Waals surface area contributed by atoms with Crippen molar-refractivity contribution in [3.63, 3.8) is 0 Å². The monoisotopic (exact) mass is 370 g/mol. The number of anilines is 1. The van der Waals surface area contributed by atoms with Gasteiger partial charge in [0.25, 0.3) is 0 Å². The Labute approximate surface area is 159 Å². The van der Waals surface area contributed by atoms with Gasteiger partial charge in [0.1, 0.15) is 5.75 Å². The smallest absolute Gasteiger partial charge is 0.406 e. The second-order valence-electron chi connectivity index (χ2n) is 6.40. The van der Waals surface area contributed by atoms with Crippen molar-refractivity contribution in [2.75, 3.05) is 51.8 Å². The fourth-order valence-corrected chi connectivity index (χ4v) is 3.37. The van der Waals surface area contributed by atoms with Crippen molar-refractivity contribution in [2.24, 2.45) is 0 Å². The Bertz CT molecular complexity index is 716. The van der Waals surface area contributed by atoms with E-state index >= 15 is 0 Å². The molecule has 1 amide bonds. The lowest BCUT2D eigenvalue weighted by Gasteiger charge is -2.40. The molecule has 0 radical (unpaired) electrons. The number of amides is 1. The van der Waals surface area contributed by atoms with Crippen molar-refractivity contribution < 1.29 is 14.3 Å². The van der Waals surface area contributed by atoms with Gasteiger partial charge in [-0.25, -0.2) is 4.79 Å². The van der Waals surface area contributed by atoms with Gasteiger partial charge < -0.3 is 19.7 Å². The lowest BCUT2D eigenvalue weighted by Crippen LogP contribution is -2.50. The van der Waals surface area contributed by atoms with Crippen LogP contribution >= 0.6 is 0 Å². The zero-order valence-corrected chi connectivity index (χ0v) is 15.8. The standard InChI is InChI=1S/C20H26N4O3/c1-26-18-7-5-17(6-8-18)23-10-12-24(13-11-23)19(15-22-20(25)27-2)16-4-3-9-21-14-16/h3-9,14,19H,10-13,15H2,1-2H3,(H,22,25)/t19-/m1/s1. The lowest BCUT2D eigenvalue weighted by molar-refractivity contribution is 0.154. The average molecular weight is 370 g/mol. The highest BCUT2D eigenvalue weighted by Crippen LogP contribution is 2.24. The number of hydrogen-bond acceptors (Lipinski definition) is 6. The molecule has 3 rings (SSSR count). The van der Waals surface area contributed by atoms with Crippen molar-refractivity contribution >= 4 is 11.8 Å². The number of aromatic nitrogens is 1. The first-order chi connectivity index (χ1) is 13.2. The highest BCUT2D eigenvalue weighted by atomic mass is 16.5. The normalized spacial score (nSPS) is 15.9. The predicted octanol–water partition coefficient (Wildman–Crippen LogP) is 2.31. The van der Waals surface area contributed by atoms with Gasteiger partial charge in [-0.15, -0.1) is 0 Å². The lowest BCUT2D eigenvalue weighted by atomic mass is 10.1. The van der Waals surface area contributed by atoms with E-state index in [0.717, 1.165) is 37.5 Å². The molecule has 0 spiro atoms. The van der Waals surface area contributed by atoms with Gasteiger partial charge in [0.05, 0.1) is 20.3 Å². The number of piperazine rings is 1. The number of methoxy groups -OCH3 is 2. The molecule has 7 heteroatoms. The van der Waals surface area contributed by atoms with Crippen LogP contribution in [0.3, 0.4) is 0 Å². The van der Waals surface area contributed by atoms with Crippen LogP contribution in [0.2, 0.25) is 0 Å². The number of pyridine rings is 1. The van der Waals surface area contributed by atoms with Crippen LogP contribution < -0.4 is 15.0 Å². The Hall–Kier alpha value is -2.80. The fourth-order valence-electron chi connectivity index (χ4n) is 3.37. The second kappa shape index (κ2) is 9.23. The summed E-state index contributed by atoms with van der Waals surface area (Å²) in [6, 6.07) is 12.2. The summed E-state index contributed by atoms with van der Waals surface area (Å²) in [6.07, 6.45) is 3.20. The Morgan fingerprint density at radius 3 is 2.48 bits per heavy atom. The highest BCUT2D eigenvalue weighted by molar-refractivity contribution is 5.66. The topological polar surface area (TPSA) is 66.9 Å². The second-order valence-corrected chi connectivity index (χ2v) is 6.40. The van der Waals surface area contributed by atoms with E-state index in [1.54, 1.807) is 13.3 Å². The third-order valence-electron chi connectivity index (χ3n) is 4.89. The van der Waals surface area contributed by atoms with E-state index in [1.165, 1.54) is 12.8 Å². The maximum absolute atomic E-state index is 11.5. The first kappa shape index (κ1) is 19.0. The van der Waals surface area contributed by atoms with Gasteiger partial charge in [-0.2, -0.15) is 0 Å². The Balaban J connectivity index is 1.65. The zero-order valence-electron chi connectivity index (χ0n) is 15.8. The number of nitrogens with zero attached hydrogens (tertiary/aromatic N) is 3. The molecule has 1 aromatic carbocycles. The molecule has 0 aliphatic carbocycles. The third kappa shape index (κ3) is 4.89. The Morgan fingerprint density at radius 2 is 1.89 bits per heavy atom. The van der Waals surface area contributed by atoms with Crippen LogP contribution in [0.4, 0.5) is 10.5 Å². The summed E-state index contributed by atoms with van der Waals surface area (Å²) in [5, 5.41) is 2.83. The molecule has 1 saturated heterocycles. The summed E-state index contributed by atoms with van der Waals surface area (Å²) >= 11 is 0. The Morgan fingerprint density at radius 1 is 1.15 bits per heavy atom. The summed E-state index contributed by atoms with van der Waals surface area (Å²) in [5.41, 5.74) is 2.29. The van der Waals surface area contributed by atoms with E-state index in [9.17, 15) is 4.79 Å². The maximum atomic E-state index is 11.5. The van der Waals surface area contributed by atoms with Gasteiger partial charge in [-0.1, -0.05) is 6.07 Å². The van der Waals surface area contributed by atoms with Crippen LogP contribution in [-0.2, 0) is 4.74 Å². The third-order valence-corrected chi connectivity index (χ3v) is 4.89. The van der Waals surface area contributed by atoms with E-state index in [-0.39, 0.29) is 6.04 Å². The molecule has 1 aliphatic rings. The minimum Gasteiger partial charge on any atom is -0.497 e. The number of nitrogens with one attached hydrogen (secondary N) is 1. The van der Waals surface area contributed by atoms with Crippen LogP contribution in [0.1, 0.15) is 11.6 Å². The van der Waals surface area contributed by atoms with Gasteiger partial charge in [-0.3, -0.25) is 9.88 Å². The largest absolute Gasteiger partial charge is 0.497 e. The molecular weight excluding hydrogens is 344 g/mol. The minimum absolute atomic E-state index is 0.0656. The average Bonchev–Trinajstić information content (AvgIpc) is 2.75. The van der Waals surface area contributed by atoms with E-state index in [2.05, 4.69) is 32.2 Å². The van der Waals surface area contributed by atoms with Crippen LogP contribution in [0.15, 0.2) is 48.8 Å². The molecule has 27 heavy (non-hydrogen) atoms. The van der Waals surface area contributed by atoms with E-state index in [4.69, 9.17) is 9.47 Å². The number of carbonyl (C=O) groups excluding carboxylic acids is 1. The molecule has 1 N–H and O–H groups in total. The summed E-state index contributed by atoms with van der Waals surface area (Å²) in [4.78, 5) is 20.5. The van der Waals surface area contributed by atoms with Gasteiger partial charge in [-0.05, 0) is 35.9 Å². The van der Waals surface area contributed by atoms with E-state index in [0.29, 0.717) is 6.54 Å². The number of ether oxygens (including phenoxy) is 2. The van der Waals surface area contributed by atoms with Crippen molar-refractivity contribution in [1.82, 2.24) is 15.2 Å². The molecule has 1 fully saturated rings. The van der Waals surface area contributed by atoms with E-state index in [1.807, 2.05) is 30.5 Å². The van der Waals surface area contributed by atoms with Crippen LogP contribution in [0.25, 0.3) is 0 Å². The number of carbonyl (C=O) groups is 1. The van der Waals surface area contributed by atoms with Gasteiger partial charge in [0.2, 0.25) is 0 Å².